The molecule has 0 radical (unpaired) electrons. The quantitative estimate of drug-likeness (QED) is 0.646. The number of ether oxygens (including phenoxy) is 1. The molecule has 1 atom stereocenters. The first kappa shape index (κ1) is 13.0. The molecule has 0 fully saturated rings. The lowest BCUT2D eigenvalue weighted by Gasteiger charge is -2.18. The van der Waals surface area contributed by atoms with Crippen molar-refractivity contribution in [3.8, 4) is 5.75 Å². The van der Waals surface area contributed by atoms with Gasteiger partial charge in [0.05, 0.1) is 13.2 Å². The topological polar surface area (TPSA) is 47.3 Å². The fourth-order valence-corrected chi connectivity index (χ4v) is 2.56. The van der Waals surface area contributed by atoms with Gasteiger partial charge in [0.1, 0.15) is 11.6 Å². The van der Waals surface area contributed by atoms with Gasteiger partial charge in [-0.25, -0.2) is 4.39 Å². The number of hydrogen-bond donors (Lipinski definition) is 2. The number of benzene rings is 1. The van der Waals surface area contributed by atoms with Crippen molar-refractivity contribution in [3.05, 3.63) is 52.0 Å². The SMILES string of the molecule is COc1ccc(F)cc1C(Cc1ccsc1)NN. The van der Waals surface area contributed by atoms with E-state index in [9.17, 15) is 4.39 Å². The van der Waals surface area contributed by atoms with Crippen molar-refractivity contribution >= 4 is 11.3 Å². The molecule has 2 aromatic rings. The Hall–Kier alpha value is -1.43. The van der Waals surface area contributed by atoms with Crippen molar-refractivity contribution in [1.82, 2.24) is 5.43 Å². The van der Waals surface area contributed by atoms with Crippen LogP contribution >= 0.6 is 11.3 Å². The summed E-state index contributed by atoms with van der Waals surface area (Å²) in [5.41, 5.74) is 4.61. The Morgan fingerprint density at radius 2 is 2.28 bits per heavy atom. The van der Waals surface area contributed by atoms with Crippen molar-refractivity contribution in [2.75, 3.05) is 7.11 Å². The molecule has 18 heavy (non-hydrogen) atoms. The standard InChI is InChI=1S/C13H15FN2OS/c1-17-13-3-2-10(14)7-11(13)12(16-15)6-9-4-5-18-8-9/h2-5,7-8,12,16H,6,15H2,1H3. The third-order valence-electron chi connectivity index (χ3n) is 2.79. The largest absolute Gasteiger partial charge is 0.496 e. The van der Waals surface area contributed by atoms with Crippen molar-refractivity contribution in [2.24, 2.45) is 5.84 Å². The number of nitrogens with two attached hydrogens (primary N) is 1. The maximum atomic E-state index is 13.3. The Bertz CT molecular complexity index is 502. The van der Waals surface area contributed by atoms with E-state index in [4.69, 9.17) is 10.6 Å². The van der Waals surface area contributed by atoms with Crippen molar-refractivity contribution in [3.63, 3.8) is 0 Å². The summed E-state index contributed by atoms with van der Waals surface area (Å²) in [7, 11) is 1.56. The van der Waals surface area contributed by atoms with Gasteiger partial charge in [-0.15, -0.1) is 0 Å². The summed E-state index contributed by atoms with van der Waals surface area (Å²) in [5.74, 6) is 5.91. The molecule has 3 N–H and O–H groups in total. The molecule has 1 heterocycles. The highest BCUT2D eigenvalue weighted by Gasteiger charge is 2.16. The molecule has 1 aromatic carbocycles. The second-order valence-corrected chi connectivity index (χ2v) is 4.72. The summed E-state index contributed by atoms with van der Waals surface area (Å²) in [6.45, 7) is 0. The third-order valence-corrected chi connectivity index (χ3v) is 3.52. The van der Waals surface area contributed by atoms with Crippen LogP contribution in [-0.2, 0) is 6.42 Å². The first-order chi connectivity index (χ1) is 8.74. The zero-order chi connectivity index (χ0) is 13.0. The number of hydrogen-bond acceptors (Lipinski definition) is 4. The molecular formula is C13H15FN2OS. The Morgan fingerprint density at radius 3 is 2.89 bits per heavy atom. The first-order valence-electron chi connectivity index (χ1n) is 5.55. The summed E-state index contributed by atoms with van der Waals surface area (Å²) in [6, 6.07) is 6.30. The molecule has 0 saturated heterocycles. The molecule has 0 aliphatic rings. The molecule has 0 saturated carbocycles. The van der Waals surface area contributed by atoms with E-state index in [1.807, 2.05) is 11.4 Å². The molecule has 0 aliphatic carbocycles. The Labute approximate surface area is 109 Å². The lowest BCUT2D eigenvalue weighted by molar-refractivity contribution is 0.397. The fourth-order valence-electron chi connectivity index (χ4n) is 1.88. The highest BCUT2D eigenvalue weighted by atomic mass is 32.1. The molecule has 1 unspecified atom stereocenters. The van der Waals surface area contributed by atoms with Crippen LogP contribution in [0.2, 0.25) is 0 Å². The predicted molar refractivity (Wildman–Crippen MR) is 71.0 cm³/mol. The van der Waals surface area contributed by atoms with Gasteiger partial charge in [-0.1, -0.05) is 0 Å². The van der Waals surface area contributed by atoms with Gasteiger partial charge in [0.15, 0.2) is 0 Å². The number of rotatable bonds is 5. The van der Waals surface area contributed by atoms with E-state index in [1.54, 1.807) is 24.5 Å². The second kappa shape index (κ2) is 5.95. The van der Waals surface area contributed by atoms with Crippen LogP contribution in [0.15, 0.2) is 35.0 Å². The maximum absolute atomic E-state index is 13.3. The third kappa shape index (κ3) is 2.87. The molecule has 2 rings (SSSR count). The van der Waals surface area contributed by atoms with Gasteiger partial charge in [-0.05, 0) is 47.0 Å². The van der Waals surface area contributed by atoms with Crippen LogP contribution in [0.4, 0.5) is 4.39 Å². The summed E-state index contributed by atoms with van der Waals surface area (Å²) in [6.07, 6.45) is 0.694. The van der Waals surface area contributed by atoms with Crippen molar-refractivity contribution in [2.45, 2.75) is 12.5 Å². The Balaban J connectivity index is 2.28. The zero-order valence-electron chi connectivity index (χ0n) is 10.0. The monoisotopic (exact) mass is 266 g/mol. The molecule has 1 aromatic heterocycles. The average Bonchev–Trinajstić information content (AvgIpc) is 2.88. The second-order valence-electron chi connectivity index (χ2n) is 3.94. The van der Waals surface area contributed by atoms with E-state index in [0.29, 0.717) is 12.2 Å². The van der Waals surface area contributed by atoms with Crippen molar-refractivity contribution in [1.29, 1.82) is 0 Å². The molecule has 96 valence electrons. The van der Waals surface area contributed by atoms with Crippen LogP contribution < -0.4 is 16.0 Å². The molecule has 5 heteroatoms. The van der Waals surface area contributed by atoms with Gasteiger partial charge in [0, 0.05) is 5.56 Å². The van der Waals surface area contributed by atoms with Crippen LogP contribution in [-0.4, -0.2) is 7.11 Å². The highest BCUT2D eigenvalue weighted by molar-refractivity contribution is 7.07. The highest BCUT2D eigenvalue weighted by Crippen LogP contribution is 2.28. The van der Waals surface area contributed by atoms with Gasteiger partial charge in [-0.2, -0.15) is 11.3 Å². The Morgan fingerprint density at radius 1 is 1.44 bits per heavy atom. The van der Waals surface area contributed by atoms with Crippen LogP contribution in [0.3, 0.4) is 0 Å². The number of hydrazine groups is 1. The van der Waals surface area contributed by atoms with Gasteiger partial charge in [-0.3, -0.25) is 11.3 Å². The normalized spacial score (nSPS) is 12.4. The van der Waals surface area contributed by atoms with E-state index in [-0.39, 0.29) is 11.9 Å². The summed E-state index contributed by atoms with van der Waals surface area (Å²) >= 11 is 1.63. The first-order valence-corrected chi connectivity index (χ1v) is 6.49. The van der Waals surface area contributed by atoms with E-state index in [0.717, 1.165) is 11.1 Å². The van der Waals surface area contributed by atoms with Gasteiger partial charge < -0.3 is 4.74 Å². The smallest absolute Gasteiger partial charge is 0.123 e. The molecule has 3 nitrogen and oxygen atoms in total. The van der Waals surface area contributed by atoms with Gasteiger partial charge in [0.2, 0.25) is 0 Å². The summed E-state index contributed by atoms with van der Waals surface area (Å²) in [4.78, 5) is 0. The van der Waals surface area contributed by atoms with Crippen LogP contribution in [0.1, 0.15) is 17.2 Å². The molecular weight excluding hydrogens is 251 g/mol. The van der Waals surface area contributed by atoms with E-state index in [1.165, 1.54) is 12.1 Å². The summed E-state index contributed by atoms with van der Waals surface area (Å²) < 4.78 is 18.6. The predicted octanol–water partition coefficient (Wildman–Crippen LogP) is 2.64. The van der Waals surface area contributed by atoms with Gasteiger partial charge in [0.25, 0.3) is 0 Å². The van der Waals surface area contributed by atoms with Crippen molar-refractivity contribution < 1.29 is 9.13 Å². The van der Waals surface area contributed by atoms with Gasteiger partial charge >= 0.3 is 0 Å². The number of halogens is 1. The van der Waals surface area contributed by atoms with Crippen LogP contribution in [0, 0.1) is 5.82 Å². The number of nitrogens with one attached hydrogen (secondary N) is 1. The number of thiophene rings is 1. The molecule has 0 amide bonds. The minimum absolute atomic E-state index is 0.176. The van der Waals surface area contributed by atoms with Crippen LogP contribution in [0.25, 0.3) is 0 Å². The number of methoxy groups -OCH3 is 1. The maximum Gasteiger partial charge on any atom is 0.123 e. The summed E-state index contributed by atoms with van der Waals surface area (Å²) in [5, 5.41) is 4.06. The molecule has 0 bridgehead atoms. The minimum atomic E-state index is -0.295. The van der Waals surface area contributed by atoms with E-state index < -0.39 is 0 Å². The lowest BCUT2D eigenvalue weighted by Crippen LogP contribution is -2.29. The average molecular weight is 266 g/mol. The van der Waals surface area contributed by atoms with E-state index in [2.05, 4.69) is 10.8 Å². The zero-order valence-corrected chi connectivity index (χ0v) is 10.8. The van der Waals surface area contributed by atoms with E-state index >= 15 is 0 Å². The van der Waals surface area contributed by atoms with Crippen LogP contribution in [0.5, 0.6) is 5.75 Å². The minimum Gasteiger partial charge on any atom is -0.496 e. The fraction of sp³-hybridized carbons (Fsp3) is 0.231. The molecule has 0 spiro atoms. The lowest BCUT2D eigenvalue weighted by atomic mass is 10.00. The molecule has 0 aliphatic heterocycles. The Kier molecular flexibility index (Phi) is 4.30.